The van der Waals surface area contributed by atoms with Crippen LogP contribution in [0.1, 0.15) is 44.6 Å². The van der Waals surface area contributed by atoms with Crippen LogP contribution in [0.15, 0.2) is 24.3 Å². The summed E-state index contributed by atoms with van der Waals surface area (Å²) in [6.45, 7) is 3.29. The summed E-state index contributed by atoms with van der Waals surface area (Å²) in [5, 5.41) is 13.3. The minimum atomic E-state index is 0.271. The second kappa shape index (κ2) is 7.28. The zero-order chi connectivity index (χ0) is 15.3. The monoisotopic (exact) mass is 290 g/mol. The minimum Gasteiger partial charge on any atom is -0.508 e. The Morgan fingerprint density at radius 3 is 2.33 bits per heavy atom. The third-order valence-electron chi connectivity index (χ3n) is 5.03. The molecule has 0 spiro atoms. The number of phenols is 1. The largest absolute Gasteiger partial charge is 0.508 e. The number of phenolic OH excluding ortho intramolecular Hbond substituents is 1. The fourth-order valence-corrected chi connectivity index (χ4v) is 3.73. The third-order valence-corrected chi connectivity index (χ3v) is 5.03. The van der Waals surface area contributed by atoms with Gasteiger partial charge in [-0.05, 0) is 64.0 Å². The van der Waals surface area contributed by atoms with Crippen LogP contribution in [-0.4, -0.2) is 42.2 Å². The fraction of sp³-hybridized carbons (Fsp3) is 0.667. The Labute approximate surface area is 129 Å². The van der Waals surface area contributed by atoms with E-state index in [-0.39, 0.29) is 5.54 Å². The highest BCUT2D eigenvalue weighted by Crippen LogP contribution is 2.38. The molecule has 0 bridgehead atoms. The standard InChI is InChI=1S/C18H30N2O/c1-4-13-19-17(14-15-7-9-16(21)10-8-15)18(20(2)3)11-5-6-12-18/h7-10,17,19,21H,4-6,11-14H2,1-3H3. The molecule has 0 radical (unpaired) electrons. The number of aromatic hydroxyl groups is 1. The van der Waals surface area contributed by atoms with Gasteiger partial charge in [0.1, 0.15) is 5.75 Å². The molecule has 1 fully saturated rings. The quantitative estimate of drug-likeness (QED) is 0.809. The highest BCUT2D eigenvalue weighted by Gasteiger charge is 2.42. The second-order valence-electron chi connectivity index (χ2n) is 6.58. The van der Waals surface area contributed by atoms with Crippen LogP contribution in [-0.2, 0) is 6.42 Å². The molecule has 1 aromatic carbocycles. The van der Waals surface area contributed by atoms with E-state index < -0.39 is 0 Å². The number of benzene rings is 1. The van der Waals surface area contributed by atoms with Crippen LogP contribution in [0.3, 0.4) is 0 Å². The average molecular weight is 290 g/mol. The third kappa shape index (κ3) is 3.78. The van der Waals surface area contributed by atoms with Crippen molar-refractivity contribution >= 4 is 0 Å². The van der Waals surface area contributed by atoms with E-state index in [1.165, 1.54) is 31.2 Å². The van der Waals surface area contributed by atoms with Crippen LogP contribution >= 0.6 is 0 Å². The topological polar surface area (TPSA) is 35.5 Å². The predicted octanol–water partition coefficient (Wildman–Crippen LogP) is 3.18. The van der Waals surface area contributed by atoms with Gasteiger partial charge in [0.25, 0.3) is 0 Å². The van der Waals surface area contributed by atoms with E-state index in [0.717, 1.165) is 19.4 Å². The lowest BCUT2D eigenvalue weighted by molar-refractivity contribution is 0.104. The van der Waals surface area contributed by atoms with Crippen molar-refractivity contribution in [2.24, 2.45) is 0 Å². The zero-order valence-electron chi connectivity index (χ0n) is 13.7. The lowest BCUT2D eigenvalue weighted by Crippen LogP contribution is -2.58. The van der Waals surface area contributed by atoms with Gasteiger partial charge in [-0.1, -0.05) is 31.9 Å². The molecule has 0 aromatic heterocycles. The zero-order valence-corrected chi connectivity index (χ0v) is 13.7. The molecule has 1 aliphatic rings. The van der Waals surface area contributed by atoms with Gasteiger partial charge in [-0.2, -0.15) is 0 Å². The normalized spacial score (nSPS) is 19.0. The van der Waals surface area contributed by atoms with Crippen LogP contribution in [0.2, 0.25) is 0 Å². The van der Waals surface area contributed by atoms with E-state index in [1.807, 2.05) is 12.1 Å². The molecular formula is C18H30N2O. The summed E-state index contributed by atoms with van der Waals surface area (Å²) in [6, 6.07) is 8.16. The first kappa shape index (κ1) is 16.3. The number of nitrogens with zero attached hydrogens (tertiary/aromatic N) is 1. The van der Waals surface area contributed by atoms with Crippen LogP contribution in [0, 0.1) is 0 Å². The number of nitrogens with one attached hydrogen (secondary N) is 1. The van der Waals surface area contributed by atoms with Crippen molar-refractivity contribution in [2.45, 2.75) is 57.0 Å². The minimum absolute atomic E-state index is 0.271. The van der Waals surface area contributed by atoms with E-state index in [4.69, 9.17) is 0 Å². The maximum absolute atomic E-state index is 9.46. The Kier molecular flexibility index (Phi) is 5.65. The van der Waals surface area contributed by atoms with Gasteiger partial charge in [-0.3, -0.25) is 0 Å². The summed E-state index contributed by atoms with van der Waals surface area (Å²) in [5.41, 5.74) is 1.57. The molecule has 0 amide bonds. The lowest BCUT2D eigenvalue weighted by Gasteiger charge is -2.44. The number of rotatable bonds is 7. The smallest absolute Gasteiger partial charge is 0.115 e. The average Bonchev–Trinajstić information content (AvgIpc) is 2.96. The van der Waals surface area contributed by atoms with Gasteiger partial charge in [0, 0.05) is 11.6 Å². The number of hydrogen-bond donors (Lipinski definition) is 2. The van der Waals surface area contributed by atoms with Gasteiger partial charge in [0.2, 0.25) is 0 Å². The van der Waals surface area contributed by atoms with Crippen molar-refractivity contribution in [3.8, 4) is 5.75 Å². The summed E-state index contributed by atoms with van der Waals surface area (Å²) in [5.74, 6) is 0.347. The molecule has 2 rings (SSSR count). The van der Waals surface area contributed by atoms with Gasteiger partial charge >= 0.3 is 0 Å². The Balaban J connectivity index is 2.18. The van der Waals surface area contributed by atoms with Crippen LogP contribution < -0.4 is 5.32 Å². The molecule has 1 unspecified atom stereocenters. The summed E-state index contributed by atoms with van der Waals surface area (Å²) in [4.78, 5) is 2.44. The predicted molar refractivity (Wildman–Crippen MR) is 88.8 cm³/mol. The summed E-state index contributed by atoms with van der Waals surface area (Å²) < 4.78 is 0. The van der Waals surface area contributed by atoms with Crippen LogP contribution in [0.25, 0.3) is 0 Å². The van der Waals surface area contributed by atoms with Gasteiger partial charge in [-0.15, -0.1) is 0 Å². The van der Waals surface area contributed by atoms with Gasteiger partial charge in [0.15, 0.2) is 0 Å². The molecule has 3 heteroatoms. The molecule has 1 aliphatic carbocycles. The lowest BCUT2D eigenvalue weighted by atomic mass is 9.83. The molecular weight excluding hydrogens is 260 g/mol. The molecule has 0 aliphatic heterocycles. The molecule has 2 N–H and O–H groups in total. The first-order chi connectivity index (χ1) is 10.1. The maximum atomic E-state index is 9.46. The van der Waals surface area contributed by atoms with E-state index in [9.17, 15) is 5.11 Å². The number of hydrogen-bond acceptors (Lipinski definition) is 3. The van der Waals surface area contributed by atoms with Gasteiger partial charge < -0.3 is 15.3 Å². The highest BCUT2D eigenvalue weighted by molar-refractivity contribution is 5.27. The fourth-order valence-electron chi connectivity index (χ4n) is 3.73. The van der Waals surface area contributed by atoms with Crippen LogP contribution in [0.5, 0.6) is 5.75 Å². The van der Waals surface area contributed by atoms with E-state index in [2.05, 4.69) is 31.2 Å². The molecule has 3 nitrogen and oxygen atoms in total. The van der Waals surface area contributed by atoms with Crippen molar-refractivity contribution in [1.29, 1.82) is 0 Å². The molecule has 118 valence electrons. The highest BCUT2D eigenvalue weighted by atomic mass is 16.3. The first-order valence-corrected chi connectivity index (χ1v) is 8.27. The van der Waals surface area contributed by atoms with Gasteiger partial charge in [-0.25, -0.2) is 0 Å². The van der Waals surface area contributed by atoms with E-state index >= 15 is 0 Å². The summed E-state index contributed by atoms with van der Waals surface area (Å²) >= 11 is 0. The van der Waals surface area contributed by atoms with Crippen LogP contribution in [0.4, 0.5) is 0 Å². The van der Waals surface area contributed by atoms with Crippen molar-refractivity contribution in [3.05, 3.63) is 29.8 Å². The van der Waals surface area contributed by atoms with E-state index in [1.54, 1.807) is 12.1 Å². The summed E-state index contributed by atoms with van der Waals surface area (Å²) in [6.07, 6.45) is 7.41. The molecule has 1 saturated carbocycles. The van der Waals surface area contributed by atoms with Crippen molar-refractivity contribution in [2.75, 3.05) is 20.6 Å². The van der Waals surface area contributed by atoms with Gasteiger partial charge in [0.05, 0.1) is 0 Å². The molecule has 0 saturated heterocycles. The Morgan fingerprint density at radius 1 is 1.19 bits per heavy atom. The van der Waals surface area contributed by atoms with Crippen molar-refractivity contribution in [3.63, 3.8) is 0 Å². The summed E-state index contributed by atoms with van der Waals surface area (Å²) in [7, 11) is 4.45. The Bertz CT molecular complexity index is 421. The van der Waals surface area contributed by atoms with Crippen molar-refractivity contribution in [1.82, 2.24) is 10.2 Å². The van der Waals surface area contributed by atoms with E-state index in [0.29, 0.717) is 11.8 Å². The molecule has 1 aromatic rings. The number of likely N-dealkylation sites (N-methyl/N-ethyl adjacent to an activating group) is 1. The Hall–Kier alpha value is -1.06. The second-order valence-corrected chi connectivity index (χ2v) is 6.58. The SMILES string of the molecule is CCCNC(Cc1ccc(O)cc1)C1(N(C)C)CCCC1. The van der Waals surface area contributed by atoms with Crippen molar-refractivity contribution < 1.29 is 5.11 Å². The molecule has 21 heavy (non-hydrogen) atoms. The molecule has 0 heterocycles. The Morgan fingerprint density at radius 2 is 1.81 bits per heavy atom. The molecule has 1 atom stereocenters. The maximum Gasteiger partial charge on any atom is 0.115 e. The first-order valence-electron chi connectivity index (χ1n) is 8.27.